The smallest absolute Gasteiger partial charge is 0.255 e. The number of pyridine rings is 1. The van der Waals surface area contributed by atoms with E-state index in [2.05, 4.69) is 4.98 Å². The van der Waals surface area contributed by atoms with Crippen LogP contribution in [0.15, 0.2) is 30.5 Å². The number of halogens is 2. The molecule has 1 aromatic carbocycles. The van der Waals surface area contributed by atoms with Crippen molar-refractivity contribution in [1.82, 2.24) is 9.88 Å². The van der Waals surface area contributed by atoms with Gasteiger partial charge in [0.05, 0.1) is 18.8 Å². The molecule has 1 aromatic heterocycles. The van der Waals surface area contributed by atoms with Crippen molar-refractivity contribution in [1.29, 1.82) is 0 Å². The molecule has 0 fully saturated rings. The van der Waals surface area contributed by atoms with Crippen LogP contribution in [0.1, 0.15) is 29.8 Å². The lowest BCUT2D eigenvalue weighted by molar-refractivity contribution is 0.0783. The lowest BCUT2D eigenvalue weighted by Gasteiger charge is -2.19. The third-order valence-corrected chi connectivity index (χ3v) is 3.90. The Morgan fingerprint density at radius 2 is 2.00 bits per heavy atom. The van der Waals surface area contributed by atoms with Crippen LogP contribution in [0.3, 0.4) is 0 Å². The van der Waals surface area contributed by atoms with E-state index in [0.29, 0.717) is 33.8 Å². The van der Waals surface area contributed by atoms with E-state index in [4.69, 9.17) is 32.7 Å². The fourth-order valence-corrected chi connectivity index (χ4v) is 2.68. The van der Waals surface area contributed by atoms with E-state index >= 15 is 0 Å². The van der Waals surface area contributed by atoms with Crippen LogP contribution in [-0.2, 0) is 6.54 Å². The Morgan fingerprint density at radius 3 is 2.60 bits per heavy atom. The first-order valence-corrected chi connectivity index (χ1v) is 8.47. The van der Waals surface area contributed by atoms with Gasteiger partial charge in [-0.05, 0) is 38.1 Å². The molecule has 2 aromatic rings. The molecule has 0 aliphatic heterocycles. The van der Waals surface area contributed by atoms with E-state index in [1.54, 1.807) is 43.3 Å². The van der Waals surface area contributed by atoms with Gasteiger partial charge in [-0.1, -0.05) is 23.2 Å². The molecule has 5 nitrogen and oxygen atoms in total. The molecule has 0 atom stereocenters. The summed E-state index contributed by atoms with van der Waals surface area (Å²) in [7, 11) is 3.26. The normalized spacial score (nSPS) is 10.7. The Kier molecular flexibility index (Phi) is 6.51. The van der Waals surface area contributed by atoms with Crippen LogP contribution in [0.5, 0.6) is 11.6 Å². The maximum atomic E-state index is 12.6. The van der Waals surface area contributed by atoms with Gasteiger partial charge >= 0.3 is 0 Å². The van der Waals surface area contributed by atoms with Crippen LogP contribution in [-0.4, -0.2) is 36.1 Å². The Bertz CT molecular complexity index is 766. The first kappa shape index (κ1) is 19.3. The summed E-state index contributed by atoms with van der Waals surface area (Å²) in [5.41, 5.74) is 1.19. The molecule has 134 valence electrons. The average molecular weight is 383 g/mol. The number of amides is 1. The summed E-state index contributed by atoms with van der Waals surface area (Å²) < 4.78 is 10.8. The lowest BCUT2D eigenvalue weighted by Crippen LogP contribution is -2.26. The molecule has 0 unspecified atom stereocenters. The molecule has 0 aliphatic rings. The van der Waals surface area contributed by atoms with Crippen molar-refractivity contribution in [2.45, 2.75) is 26.5 Å². The monoisotopic (exact) mass is 382 g/mol. The van der Waals surface area contributed by atoms with E-state index < -0.39 is 0 Å². The van der Waals surface area contributed by atoms with E-state index in [9.17, 15) is 4.79 Å². The molecule has 0 saturated heterocycles. The summed E-state index contributed by atoms with van der Waals surface area (Å²) in [5, 5.41) is 0.879. The molecule has 2 rings (SSSR count). The van der Waals surface area contributed by atoms with Gasteiger partial charge in [0.25, 0.3) is 5.91 Å². The number of carbonyl (C=O) groups excluding carboxylic acids is 1. The predicted molar refractivity (Wildman–Crippen MR) is 98.8 cm³/mol. The van der Waals surface area contributed by atoms with Gasteiger partial charge in [-0.3, -0.25) is 4.79 Å². The zero-order valence-corrected chi connectivity index (χ0v) is 16.1. The minimum absolute atomic E-state index is 0.0514. The topological polar surface area (TPSA) is 51.7 Å². The fraction of sp³-hybridized carbons (Fsp3) is 0.333. The first-order chi connectivity index (χ1) is 11.8. The molecule has 25 heavy (non-hydrogen) atoms. The van der Waals surface area contributed by atoms with E-state index in [0.717, 1.165) is 5.56 Å². The molecule has 1 amide bonds. The summed E-state index contributed by atoms with van der Waals surface area (Å²) in [6.07, 6.45) is 1.40. The van der Waals surface area contributed by atoms with Gasteiger partial charge < -0.3 is 14.4 Å². The highest BCUT2D eigenvalue weighted by Gasteiger charge is 2.17. The van der Waals surface area contributed by atoms with Crippen molar-refractivity contribution in [2.24, 2.45) is 0 Å². The highest BCUT2D eigenvalue weighted by molar-refractivity contribution is 6.32. The molecule has 0 spiro atoms. The fourth-order valence-electron chi connectivity index (χ4n) is 2.27. The largest absolute Gasteiger partial charge is 0.496 e. The summed E-state index contributed by atoms with van der Waals surface area (Å²) in [5.74, 6) is 0.765. The zero-order chi connectivity index (χ0) is 18.6. The van der Waals surface area contributed by atoms with Crippen LogP contribution in [0, 0.1) is 0 Å². The minimum atomic E-state index is -0.215. The molecule has 0 bridgehead atoms. The Morgan fingerprint density at radius 1 is 1.28 bits per heavy atom. The number of hydrogen-bond donors (Lipinski definition) is 0. The SMILES string of the molecule is COc1ccc(Cl)cc1CN(C)C(=O)c1cnc(OC(C)C)c(Cl)c1. The van der Waals surface area contributed by atoms with Gasteiger partial charge in [0.15, 0.2) is 0 Å². The highest BCUT2D eigenvalue weighted by atomic mass is 35.5. The standard InChI is InChI=1S/C18H20Cl2N2O3/c1-11(2)25-17-15(20)8-12(9-21-17)18(23)22(3)10-13-7-14(19)5-6-16(13)24-4/h5-9,11H,10H2,1-4H3. The lowest BCUT2D eigenvalue weighted by atomic mass is 10.1. The summed E-state index contributed by atoms with van der Waals surface area (Å²) >= 11 is 12.2. The van der Waals surface area contributed by atoms with Crippen molar-refractivity contribution in [2.75, 3.05) is 14.2 Å². The van der Waals surface area contributed by atoms with E-state index in [1.165, 1.54) is 6.20 Å². The van der Waals surface area contributed by atoms with Gasteiger partial charge in [-0.25, -0.2) is 4.98 Å². The number of hydrogen-bond acceptors (Lipinski definition) is 4. The number of nitrogens with zero attached hydrogens (tertiary/aromatic N) is 2. The number of ether oxygens (including phenoxy) is 2. The number of carbonyl (C=O) groups is 1. The molecule has 1 heterocycles. The van der Waals surface area contributed by atoms with Crippen LogP contribution in [0.4, 0.5) is 0 Å². The Hall–Kier alpha value is -1.98. The number of benzene rings is 1. The molecule has 0 aliphatic carbocycles. The minimum Gasteiger partial charge on any atom is -0.496 e. The zero-order valence-electron chi connectivity index (χ0n) is 14.5. The second kappa shape index (κ2) is 8.41. The second-order valence-corrected chi connectivity index (χ2v) is 6.64. The van der Waals surface area contributed by atoms with E-state index in [1.807, 2.05) is 13.8 Å². The summed E-state index contributed by atoms with van der Waals surface area (Å²) in [6.45, 7) is 4.09. The molecule has 0 radical (unpaired) electrons. The first-order valence-electron chi connectivity index (χ1n) is 7.72. The summed E-state index contributed by atoms with van der Waals surface area (Å²) in [6, 6.07) is 6.84. The maximum absolute atomic E-state index is 12.6. The third-order valence-electron chi connectivity index (χ3n) is 3.40. The van der Waals surface area contributed by atoms with Gasteiger partial charge in [0.1, 0.15) is 10.8 Å². The van der Waals surface area contributed by atoms with Gasteiger partial charge in [0.2, 0.25) is 5.88 Å². The molecule has 0 saturated carbocycles. The maximum Gasteiger partial charge on any atom is 0.255 e. The number of aromatic nitrogens is 1. The predicted octanol–water partition coefficient (Wildman–Crippen LogP) is 4.46. The van der Waals surface area contributed by atoms with Crippen LogP contribution < -0.4 is 9.47 Å². The van der Waals surface area contributed by atoms with Crippen molar-refractivity contribution in [3.8, 4) is 11.6 Å². The van der Waals surface area contributed by atoms with Crippen molar-refractivity contribution in [3.63, 3.8) is 0 Å². The van der Waals surface area contributed by atoms with Crippen molar-refractivity contribution in [3.05, 3.63) is 51.6 Å². The summed E-state index contributed by atoms with van der Waals surface area (Å²) in [4.78, 5) is 18.3. The quantitative estimate of drug-likeness (QED) is 0.739. The van der Waals surface area contributed by atoms with Gasteiger partial charge in [-0.15, -0.1) is 0 Å². The Labute approximate surface area is 157 Å². The van der Waals surface area contributed by atoms with Gasteiger partial charge in [0, 0.05) is 30.4 Å². The van der Waals surface area contributed by atoms with Crippen LogP contribution >= 0.6 is 23.2 Å². The number of methoxy groups -OCH3 is 1. The second-order valence-electron chi connectivity index (χ2n) is 5.79. The molecule has 7 heteroatoms. The molecule has 0 N–H and O–H groups in total. The Balaban J connectivity index is 2.17. The molecular formula is C18H20Cl2N2O3. The van der Waals surface area contributed by atoms with Crippen LogP contribution in [0.25, 0.3) is 0 Å². The van der Waals surface area contributed by atoms with Crippen LogP contribution in [0.2, 0.25) is 10.0 Å². The number of rotatable bonds is 6. The van der Waals surface area contributed by atoms with Crippen molar-refractivity contribution >= 4 is 29.1 Å². The van der Waals surface area contributed by atoms with E-state index in [-0.39, 0.29) is 12.0 Å². The average Bonchev–Trinajstić information content (AvgIpc) is 2.56. The highest BCUT2D eigenvalue weighted by Crippen LogP contribution is 2.26. The van der Waals surface area contributed by atoms with Crippen molar-refractivity contribution < 1.29 is 14.3 Å². The molecular weight excluding hydrogens is 363 g/mol. The third kappa shape index (κ3) is 5.00. The van der Waals surface area contributed by atoms with Gasteiger partial charge in [-0.2, -0.15) is 0 Å².